The molecule has 4 rings (SSSR count). The predicted octanol–water partition coefficient (Wildman–Crippen LogP) is 5.71. The summed E-state index contributed by atoms with van der Waals surface area (Å²) in [5.41, 5.74) is 4.76. The number of aromatic nitrogens is 4. The van der Waals surface area contributed by atoms with Crippen molar-refractivity contribution in [3.05, 3.63) is 65.6 Å². The second-order valence-electron chi connectivity index (χ2n) is 7.48. The van der Waals surface area contributed by atoms with Crippen LogP contribution in [0.5, 0.6) is 0 Å². The van der Waals surface area contributed by atoms with Gasteiger partial charge >= 0.3 is 0 Å². The van der Waals surface area contributed by atoms with E-state index in [1.54, 1.807) is 24.5 Å². The van der Waals surface area contributed by atoms with Gasteiger partial charge in [-0.15, -0.1) is 0 Å². The minimum atomic E-state index is 0.0774. The van der Waals surface area contributed by atoms with E-state index in [4.69, 9.17) is 11.6 Å². The molecule has 0 aliphatic heterocycles. The summed E-state index contributed by atoms with van der Waals surface area (Å²) < 4.78 is 0. The van der Waals surface area contributed by atoms with Crippen molar-refractivity contribution in [2.24, 2.45) is 0 Å². The van der Waals surface area contributed by atoms with Crippen LogP contribution in [0.3, 0.4) is 0 Å². The summed E-state index contributed by atoms with van der Waals surface area (Å²) in [4.78, 5) is 16.7. The van der Waals surface area contributed by atoms with Gasteiger partial charge < -0.3 is 10.3 Å². The number of nitrogens with zero attached hydrogens (tertiary/aromatic N) is 3. The molecule has 6 heteroatoms. The fourth-order valence-corrected chi connectivity index (χ4v) is 3.01. The van der Waals surface area contributed by atoms with Crippen molar-refractivity contribution in [3.8, 4) is 11.4 Å². The van der Waals surface area contributed by atoms with Gasteiger partial charge in [0.2, 0.25) is 5.95 Å². The number of benzene rings is 1. The lowest BCUT2D eigenvalue weighted by Gasteiger charge is -2.15. The first-order valence-corrected chi connectivity index (χ1v) is 9.11. The van der Waals surface area contributed by atoms with E-state index in [1.165, 1.54) is 5.69 Å². The Morgan fingerprint density at radius 3 is 2.52 bits per heavy atom. The molecule has 136 valence electrons. The molecule has 0 bridgehead atoms. The Hall–Kier alpha value is -2.92. The molecule has 0 spiro atoms. The van der Waals surface area contributed by atoms with Crippen molar-refractivity contribution in [2.45, 2.75) is 26.2 Å². The number of hydrogen-bond donors (Lipinski definition) is 2. The Morgan fingerprint density at radius 2 is 1.74 bits per heavy atom. The summed E-state index contributed by atoms with van der Waals surface area (Å²) in [6.07, 6.45) is 3.37. The number of hydrogen-bond acceptors (Lipinski definition) is 4. The third kappa shape index (κ3) is 3.78. The minimum absolute atomic E-state index is 0.0774. The molecule has 0 unspecified atom stereocenters. The molecule has 4 aromatic rings. The van der Waals surface area contributed by atoms with Crippen LogP contribution in [0.4, 0.5) is 11.6 Å². The molecule has 3 aromatic heterocycles. The van der Waals surface area contributed by atoms with Crippen LogP contribution in [0.25, 0.3) is 22.3 Å². The number of anilines is 2. The molecule has 0 atom stereocenters. The van der Waals surface area contributed by atoms with E-state index >= 15 is 0 Å². The summed E-state index contributed by atoms with van der Waals surface area (Å²) in [6.45, 7) is 6.58. The van der Waals surface area contributed by atoms with Crippen molar-refractivity contribution >= 4 is 34.1 Å². The quantitative estimate of drug-likeness (QED) is 0.479. The topological polar surface area (TPSA) is 66.5 Å². The molecule has 3 heterocycles. The van der Waals surface area contributed by atoms with E-state index in [9.17, 15) is 0 Å². The zero-order valence-electron chi connectivity index (χ0n) is 15.4. The van der Waals surface area contributed by atoms with Crippen LogP contribution in [-0.4, -0.2) is 19.9 Å². The third-order valence-corrected chi connectivity index (χ3v) is 4.56. The fourth-order valence-electron chi connectivity index (χ4n) is 2.85. The van der Waals surface area contributed by atoms with Crippen LogP contribution < -0.4 is 5.32 Å². The number of aromatic amines is 1. The van der Waals surface area contributed by atoms with E-state index in [1.807, 2.05) is 12.1 Å². The molecule has 0 saturated carbocycles. The van der Waals surface area contributed by atoms with Gasteiger partial charge in [0.1, 0.15) is 0 Å². The van der Waals surface area contributed by atoms with Gasteiger partial charge in [-0.25, -0.2) is 9.97 Å². The summed E-state index contributed by atoms with van der Waals surface area (Å²) in [7, 11) is 0. The van der Waals surface area contributed by atoms with Gasteiger partial charge in [0.15, 0.2) is 0 Å². The Balaban J connectivity index is 1.63. The molecule has 0 fully saturated rings. The molecule has 2 N–H and O–H groups in total. The smallest absolute Gasteiger partial charge is 0.227 e. The molecule has 0 amide bonds. The number of rotatable bonds is 3. The molecular formula is C21H20ClN5. The second-order valence-corrected chi connectivity index (χ2v) is 7.92. The van der Waals surface area contributed by atoms with Crippen LogP contribution in [0.1, 0.15) is 26.5 Å². The molecule has 5 nitrogen and oxygen atoms in total. The van der Waals surface area contributed by atoms with E-state index < -0.39 is 0 Å². The van der Waals surface area contributed by atoms with Crippen LogP contribution in [0, 0.1) is 0 Å². The summed E-state index contributed by atoms with van der Waals surface area (Å²) in [6, 6.07) is 13.7. The molecule has 0 saturated heterocycles. The number of pyridine rings is 1. The monoisotopic (exact) mass is 377 g/mol. The highest BCUT2D eigenvalue weighted by Crippen LogP contribution is 2.28. The maximum atomic E-state index is 6.05. The third-order valence-electron chi connectivity index (χ3n) is 4.32. The van der Waals surface area contributed by atoms with Gasteiger partial charge in [-0.2, -0.15) is 0 Å². The van der Waals surface area contributed by atoms with E-state index in [2.05, 4.69) is 64.2 Å². The fraction of sp³-hybridized carbons (Fsp3) is 0.190. The van der Waals surface area contributed by atoms with E-state index in [0.29, 0.717) is 22.4 Å². The van der Waals surface area contributed by atoms with Crippen molar-refractivity contribution in [1.82, 2.24) is 19.9 Å². The largest absolute Gasteiger partial charge is 0.358 e. The standard InChI is InChI=1S/C21H20ClN5/c1-21(2,3)19-11-13-10-15(4-5-16(13)26-19)25-20-24-9-7-17(27-20)18-12-14(22)6-8-23-18/h4-12,26H,1-3H3,(H,24,25,27). The first kappa shape index (κ1) is 17.5. The highest BCUT2D eigenvalue weighted by atomic mass is 35.5. The highest BCUT2D eigenvalue weighted by Gasteiger charge is 2.16. The molecular weight excluding hydrogens is 358 g/mol. The number of H-pyrrole nitrogens is 1. The van der Waals surface area contributed by atoms with Crippen LogP contribution >= 0.6 is 11.6 Å². The van der Waals surface area contributed by atoms with Gasteiger partial charge in [0, 0.05) is 45.1 Å². The van der Waals surface area contributed by atoms with Crippen molar-refractivity contribution in [1.29, 1.82) is 0 Å². The average molecular weight is 378 g/mol. The molecule has 0 radical (unpaired) electrons. The van der Waals surface area contributed by atoms with Crippen molar-refractivity contribution < 1.29 is 0 Å². The summed E-state index contributed by atoms with van der Waals surface area (Å²) in [5, 5.41) is 5.05. The van der Waals surface area contributed by atoms with E-state index in [-0.39, 0.29) is 5.41 Å². The molecule has 27 heavy (non-hydrogen) atoms. The van der Waals surface area contributed by atoms with Crippen LogP contribution in [0.2, 0.25) is 5.02 Å². The minimum Gasteiger partial charge on any atom is -0.358 e. The first-order chi connectivity index (χ1) is 12.9. The number of nitrogens with one attached hydrogen (secondary N) is 2. The Bertz CT molecular complexity index is 1110. The van der Waals surface area contributed by atoms with Gasteiger partial charge in [-0.05, 0) is 42.5 Å². The van der Waals surface area contributed by atoms with Gasteiger partial charge in [0.25, 0.3) is 0 Å². The maximum Gasteiger partial charge on any atom is 0.227 e. The second kappa shape index (κ2) is 6.67. The lowest BCUT2D eigenvalue weighted by Crippen LogP contribution is -2.10. The Kier molecular flexibility index (Phi) is 4.32. The lowest BCUT2D eigenvalue weighted by atomic mass is 9.92. The van der Waals surface area contributed by atoms with Gasteiger partial charge in [-0.1, -0.05) is 32.4 Å². The average Bonchev–Trinajstić information content (AvgIpc) is 3.06. The van der Waals surface area contributed by atoms with Crippen LogP contribution in [-0.2, 0) is 5.41 Å². The highest BCUT2D eigenvalue weighted by molar-refractivity contribution is 6.30. The van der Waals surface area contributed by atoms with Crippen molar-refractivity contribution in [2.75, 3.05) is 5.32 Å². The Labute approximate surface area is 162 Å². The Morgan fingerprint density at radius 1 is 0.926 bits per heavy atom. The molecule has 0 aliphatic rings. The lowest BCUT2D eigenvalue weighted by molar-refractivity contribution is 0.574. The SMILES string of the molecule is CC(C)(C)c1cc2cc(Nc3nccc(-c4cc(Cl)ccn4)n3)ccc2[nH]1. The maximum absolute atomic E-state index is 6.05. The van der Waals surface area contributed by atoms with Gasteiger partial charge in [-0.3, -0.25) is 4.98 Å². The zero-order valence-corrected chi connectivity index (χ0v) is 16.2. The summed E-state index contributed by atoms with van der Waals surface area (Å²) >= 11 is 6.05. The number of halogens is 1. The predicted molar refractivity (Wildman–Crippen MR) is 111 cm³/mol. The van der Waals surface area contributed by atoms with E-state index in [0.717, 1.165) is 16.6 Å². The first-order valence-electron chi connectivity index (χ1n) is 8.74. The summed E-state index contributed by atoms with van der Waals surface area (Å²) in [5.74, 6) is 0.514. The van der Waals surface area contributed by atoms with Crippen molar-refractivity contribution in [3.63, 3.8) is 0 Å². The van der Waals surface area contributed by atoms with Gasteiger partial charge in [0.05, 0.1) is 11.4 Å². The zero-order chi connectivity index (χ0) is 19.0. The molecule has 0 aliphatic carbocycles. The number of fused-ring (bicyclic) bond motifs is 1. The van der Waals surface area contributed by atoms with Crippen LogP contribution in [0.15, 0.2) is 54.9 Å². The molecule has 1 aromatic carbocycles. The normalized spacial score (nSPS) is 11.7.